The number of nitrogens with two attached hydrogens (primary N) is 1. The fourth-order valence-electron chi connectivity index (χ4n) is 3.00. The lowest BCUT2D eigenvalue weighted by Gasteiger charge is -2.31. The minimum absolute atomic E-state index is 0.0433. The van der Waals surface area contributed by atoms with Gasteiger partial charge in [0, 0.05) is 24.4 Å². The average molecular weight is 381 g/mol. The first kappa shape index (κ1) is 19.5. The van der Waals surface area contributed by atoms with Crippen molar-refractivity contribution in [3.8, 4) is 11.1 Å². The number of rotatable bonds is 7. The fourth-order valence-corrected chi connectivity index (χ4v) is 3.00. The smallest absolute Gasteiger partial charge is 0.303 e. The number of carbonyl (C=O) groups is 1. The molecule has 0 saturated carbocycles. The SMILES string of the molecule is CC(C)C(C)(c1ccc(-c2cnc(N)nc2)cc1)c1noc(CCC(=O)O)n1. The van der Waals surface area contributed by atoms with E-state index in [9.17, 15) is 4.79 Å². The van der Waals surface area contributed by atoms with Crippen molar-refractivity contribution in [2.75, 3.05) is 5.73 Å². The Bertz CT molecular complexity index is 951. The second kappa shape index (κ2) is 7.75. The molecule has 0 spiro atoms. The van der Waals surface area contributed by atoms with Crippen molar-refractivity contribution in [2.24, 2.45) is 5.92 Å². The molecule has 1 atom stereocenters. The summed E-state index contributed by atoms with van der Waals surface area (Å²) in [6, 6.07) is 8.05. The number of carboxylic acid groups (broad SMARTS) is 1. The summed E-state index contributed by atoms with van der Waals surface area (Å²) in [5, 5.41) is 13.0. The van der Waals surface area contributed by atoms with Crippen molar-refractivity contribution in [1.29, 1.82) is 0 Å². The van der Waals surface area contributed by atoms with Gasteiger partial charge in [0.1, 0.15) is 0 Å². The summed E-state index contributed by atoms with van der Waals surface area (Å²) >= 11 is 0. The lowest BCUT2D eigenvalue weighted by molar-refractivity contribution is -0.137. The van der Waals surface area contributed by atoms with Gasteiger partial charge < -0.3 is 15.4 Å². The van der Waals surface area contributed by atoms with Crippen molar-refractivity contribution >= 4 is 11.9 Å². The standard InChI is InChI=1S/C20H23N5O3/c1-12(2)20(3,18-24-16(28-25-18)8-9-17(26)27)15-6-4-13(5-7-15)14-10-22-19(21)23-11-14/h4-7,10-12H,8-9H2,1-3H3,(H,26,27)(H2,21,22,23). The molecule has 2 heterocycles. The van der Waals surface area contributed by atoms with Crippen molar-refractivity contribution < 1.29 is 14.4 Å². The zero-order chi connectivity index (χ0) is 20.3. The summed E-state index contributed by atoms with van der Waals surface area (Å²) in [4.78, 5) is 23.3. The molecule has 0 saturated heterocycles. The van der Waals surface area contributed by atoms with E-state index in [-0.39, 0.29) is 24.7 Å². The number of nitrogen functional groups attached to an aromatic ring is 1. The van der Waals surface area contributed by atoms with E-state index in [0.717, 1.165) is 16.7 Å². The molecule has 28 heavy (non-hydrogen) atoms. The lowest BCUT2D eigenvalue weighted by atomic mass is 9.72. The molecule has 0 aliphatic rings. The maximum Gasteiger partial charge on any atom is 0.303 e. The Labute approximate surface area is 162 Å². The molecule has 1 unspecified atom stereocenters. The Morgan fingerprint density at radius 3 is 2.39 bits per heavy atom. The van der Waals surface area contributed by atoms with Gasteiger partial charge in [0.15, 0.2) is 5.82 Å². The second-order valence-corrected chi connectivity index (χ2v) is 7.17. The van der Waals surface area contributed by atoms with Crippen molar-refractivity contribution in [2.45, 2.75) is 39.0 Å². The van der Waals surface area contributed by atoms with Crippen LogP contribution in [0.4, 0.5) is 5.95 Å². The van der Waals surface area contributed by atoms with Crippen LogP contribution in [-0.4, -0.2) is 31.2 Å². The number of hydrogen-bond acceptors (Lipinski definition) is 7. The van der Waals surface area contributed by atoms with E-state index >= 15 is 0 Å². The summed E-state index contributed by atoms with van der Waals surface area (Å²) in [5.41, 5.74) is 7.95. The zero-order valence-electron chi connectivity index (χ0n) is 16.1. The van der Waals surface area contributed by atoms with Crippen molar-refractivity contribution in [3.63, 3.8) is 0 Å². The topological polar surface area (TPSA) is 128 Å². The molecule has 8 heteroatoms. The Balaban J connectivity index is 1.91. The summed E-state index contributed by atoms with van der Waals surface area (Å²) < 4.78 is 5.28. The molecule has 0 bridgehead atoms. The third-order valence-corrected chi connectivity index (χ3v) is 5.13. The van der Waals surface area contributed by atoms with Crippen LogP contribution in [0.3, 0.4) is 0 Å². The molecular formula is C20H23N5O3. The van der Waals surface area contributed by atoms with E-state index in [1.165, 1.54) is 0 Å². The molecule has 1 aromatic carbocycles. The van der Waals surface area contributed by atoms with Crippen LogP contribution < -0.4 is 5.73 Å². The molecule has 0 radical (unpaired) electrons. The van der Waals surface area contributed by atoms with Crippen LogP contribution >= 0.6 is 0 Å². The first-order chi connectivity index (χ1) is 13.3. The number of nitrogens with zero attached hydrogens (tertiary/aromatic N) is 4. The Kier molecular flexibility index (Phi) is 5.39. The van der Waals surface area contributed by atoms with Crippen LogP contribution in [-0.2, 0) is 16.6 Å². The quantitative estimate of drug-likeness (QED) is 0.639. The van der Waals surface area contributed by atoms with Crippen LogP contribution in [0, 0.1) is 5.92 Å². The molecule has 2 aromatic heterocycles. The lowest BCUT2D eigenvalue weighted by Crippen LogP contribution is -2.31. The number of aliphatic carboxylic acids is 1. The van der Waals surface area contributed by atoms with Crippen LogP contribution in [0.2, 0.25) is 0 Å². The van der Waals surface area contributed by atoms with Gasteiger partial charge in [0.25, 0.3) is 0 Å². The number of anilines is 1. The van der Waals surface area contributed by atoms with Gasteiger partial charge in [-0.15, -0.1) is 0 Å². The molecule has 3 rings (SSSR count). The van der Waals surface area contributed by atoms with Crippen LogP contribution in [0.5, 0.6) is 0 Å². The average Bonchev–Trinajstić information content (AvgIpc) is 3.16. The monoisotopic (exact) mass is 381 g/mol. The van der Waals surface area contributed by atoms with E-state index in [4.69, 9.17) is 15.4 Å². The van der Waals surface area contributed by atoms with Gasteiger partial charge in [-0.2, -0.15) is 4.98 Å². The highest BCUT2D eigenvalue weighted by Gasteiger charge is 2.37. The van der Waals surface area contributed by atoms with Crippen LogP contribution in [0.15, 0.2) is 41.2 Å². The normalized spacial score (nSPS) is 13.4. The highest BCUT2D eigenvalue weighted by molar-refractivity contribution is 5.66. The van der Waals surface area contributed by atoms with Crippen molar-refractivity contribution in [1.82, 2.24) is 20.1 Å². The first-order valence-electron chi connectivity index (χ1n) is 9.04. The van der Waals surface area contributed by atoms with E-state index in [2.05, 4.69) is 40.9 Å². The van der Waals surface area contributed by atoms with Gasteiger partial charge in [-0.25, -0.2) is 9.97 Å². The third kappa shape index (κ3) is 3.85. The summed E-state index contributed by atoms with van der Waals surface area (Å²) in [7, 11) is 0. The molecule has 0 amide bonds. The minimum Gasteiger partial charge on any atom is -0.481 e. The largest absolute Gasteiger partial charge is 0.481 e. The summed E-state index contributed by atoms with van der Waals surface area (Å²) in [5.74, 6) is 0.409. The van der Waals surface area contributed by atoms with Gasteiger partial charge >= 0.3 is 5.97 Å². The predicted octanol–water partition coefficient (Wildman–Crippen LogP) is 3.09. The van der Waals surface area contributed by atoms with Gasteiger partial charge in [-0.05, 0) is 24.0 Å². The third-order valence-electron chi connectivity index (χ3n) is 5.13. The summed E-state index contributed by atoms with van der Waals surface area (Å²) in [6.45, 7) is 6.24. The van der Waals surface area contributed by atoms with E-state index < -0.39 is 11.4 Å². The molecule has 3 N–H and O–H groups in total. The fraction of sp³-hybridized carbons (Fsp3) is 0.350. The number of aromatic nitrogens is 4. The maximum absolute atomic E-state index is 10.8. The number of aryl methyl sites for hydroxylation is 1. The Morgan fingerprint density at radius 2 is 1.82 bits per heavy atom. The minimum atomic E-state index is -0.895. The molecule has 3 aromatic rings. The Hall–Kier alpha value is -3.29. The predicted molar refractivity (Wildman–Crippen MR) is 103 cm³/mol. The van der Waals surface area contributed by atoms with Gasteiger partial charge in [-0.1, -0.05) is 43.3 Å². The summed E-state index contributed by atoms with van der Waals surface area (Å²) in [6.07, 6.45) is 3.55. The van der Waals surface area contributed by atoms with Crippen molar-refractivity contribution in [3.05, 3.63) is 53.9 Å². The first-order valence-corrected chi connectivity index (χ1v) is 9.04. The number of benzene rings is 1. The molecule has 0 aliphatic heterocycles. The molecule has 0 aliphatic carbocycles. The molecule has 0 fully saturated rings. The highest BCUT2D eigenvalue weighted by atomic mass is 16.5. The molecule has 8 nitrogen and oxygen atoms in total. The number of hydrogen-bond donors (Lipinski definition) is 2. The van der Waals surface area contributed by atoms with E-state index in [0.29, 0.717) is 11.7 Å². The van der Waals surface area contributed by atoms with Crippen LogP contribution in [0.25, 0.3) is 11.1 Å². The highest BCUT2D eigenvalue weighted by Crippen LogP contribution is 2.38. The van der Waals surface area contributed by atoms with Gasteiger partial charge in [0.2, 0.25) is 11.8 Å². The molecule has 146 valence electrons. The number of carboxylic acids is 1. The van der Waals surface area contributed by atoms with Gasteiger partial charge in [0.05, 0.1) is 11.8 Å². The Morgan fingerprint density at radius 1 is 1.18 bits per heavy atom. The maximum atomic E-state index is 10.8. The second-order valence-electron chi connectivity index (χ2n) is 7.17. The zero-order valence-corrected chi connectivity index (χ0v) is 16.1. The van der Waals surface area contributed by atoms with Gasteiger partial charge in [-0.3, -0.25) is 4.79 Å². The van der Waals surface area contributed by atoms with E-state index in [1.807, 2.05) is 24.3 Å². The van der Waals surface area contributed by atoms with E-state index in [1.54, 1.807) is 12.4 Å². The van der Waals surface area contributed by atoms with Crippen LogP contribution in [0.1, 0.15) is 44.5 Å². The molecular weight excluding hydrogens is 358 g/mol.